The van der Waals surface area contributed by atoms with Gasteiger partial charge in [-0.1, -0.05) is 18.2 Å². The monoisotopic (exact) mass is 392 g/mol. The molecule has 0 aliphatic heterocycles. The van der Waals surface area contributed by atoms with Gasteiger partial charge in [-0.25, -0.2) is 0 Å². The molecule has 0 aliphatic carbocycles. The predicted molar refractivity (Wildman–Crippen MR) is 120 cm³/mol. The molecule has 0 aliphatic rings. The Balaban J connectivity index is 2.09. The van der Waals surface area contributed by atoms with Crippen molar-refractivity contribution in [3.63, 3.8) is 0 Å². The first-order chi connectivity index (χ1) is 13.8. The van der Waals surface area contributed by atoms with Gasteiger partial charge in [-0.05, 0) is 76.9 Å². The van der Waals surface area contributed by atoms with Gasteiger partial charge < -0.3 is 4.74 Å². The van der Waals surface area contributed by atoms with Crippen molar-refractivity contribution in [2.45, 2.75) is 53.1 Å². The van der Waals surface area contributed by atoms with Crippen LogP contribution >= 0.6 is 0 Å². The maximum atomic E-state index is 13.3. The van der Waals surface area contributed by atoms with E-state index in [1.807, 2.05) is 47.0 Å². The summed E-state index contributed by atoms with van der Waals surface area (Å²) in [5.41, 5.74) is 3.86. The molecule has 1 heterocycles. The van der Waals surface area contributed by atoms with E-state index in [0.29, 0.717) is 17.6 Å². The second kappa shape index (κ2) is 8.83. The Labute approximate surface area is 174 Å². The van der Waals surface area contributed by atoms with Gasteiger partial charge in [0.15, 0.2) is 0 Å². The van der Waals surface area contributed by atoms with Gasteiger partial charge >= 0.3 is 0 Å². The normalized spacial score (nSPS) is 11.8. The average Bonchev–Trinajstić information content (AvgIpc) is 2.98. The van der Waals surface area contributed by atoms with Crippen molar-refractivity contribution >= 4 is 16.8 Å². The van der Waals surface area contributed by atoms with Gasteiger partial charge in [-0.3, -0.25) is 14.3 Å². The lowest BCUT2D eigenvalue weighted by molar-refractivity contribution is 0.0962. The Morgan fingerprint density at radius 1 is 1.03 bits per heavy atom. The number of carbonyl (C=O) groups is 1. The minimum Gasteiger partial charge on any atom is -0.497 e. The third kappa shape index (κ3) is 4.23. The van der Waals surface area contributed by atoms with Gasteiger partial charge in [0.05, 0.1) is 12.6 Å². The molecule has 3 aromatic rings. The first-order valence-corrected chi connectivity index (χ1v) is 10.4. The molecule has 0 amide bonds. The minimum absolute atomic E-state index is 0.00842. The zero-order chi connectivity index (χ0) is 21.1. The van der Waals surface area contributed by atoms with Crippen molar-refractivity contribution < 1.29 is 9.53 Å². The zero-order valence-electron chi connectivity index (χ0n) is 18.4. The van der Waals surface area contributed by atoms with Crippen LogP contribution in [0.5, 0.6) is 5.75 Å². The Morgan fingerprint density at radius 2 is 1.69 bits per heavy atom. The summed E-state index contributed by atoms with van der Waals surface area (Å²) in [7, 11) is 1.68. The molecule has 0 N–H and O–H groups in total. The topological polar surface area (TPSA) is 34.5 Å². The molecular formula is C25H32N2O2. The van der Waals surface area contributed by atoms with E-state index in [0.717, 1.165) is 35.3 Å². The number of nitrogens with zero attached hydrogens (tertiary/aromatic N) is 2. The molecular weight excluding hydrogens is 360 g/mol. The van der Waals surface area contributed by atoms with Gasteiger partial charge in [-0.15, -0.1) is 0 Å². The number of aromatic nitrogens is 1. The van der Waals surface area contributed by atoms with Crippen LogP contribution in [0.15, 0.2) is 48.5 Å². The molecule has 2 aromatic carbocycles. The third-order valence-electron chi connectivity index (χ3n) is 5.71. The summed E-state index contributed by atoms with van der Waals surface area (Å²) in [6, 6.07) is 16.4. The number of hydrogen-bond acceptors (Lipinski definition) is 3. The van der Waals surface area contributed by atoms with Crippen LogP contribution in [0.3, 0.4) is 0 Å². The molecule has 1 aromatic heterocycles. The van der Waals surface area contributed by atoms with Crippen molar-refractivity contribution in [2.24, 2.45) is 0 Å². The Hall–Kier alpha value is -2.59. The lowest BCUT2D eigenvalue weighted by atomic mass is 10.1. The molecule has 0 radical (unpaired) electrons. The fourth-order valence-corrected chi connectivity index (χ4v) is 4.23. The van der Waals surface area contributed by atoms with Gasteiger partial charge in [0, 0.05) is 35.3 Å². The minimum atomic E-state index is 0.00842. The molecule has 0 fully saturated rings. The standard InChI is InChI=1S/C25H32N2O2/c1-17(2)26(18(3)4)15-14-22-19(5)27(25(28)20-10-8-7-9-11-20)24-13-12-21(29-6)16-23(22)24/h7-13,16-18H,14-15H2,1-6H3. The summed E-state index contributed by atoms with van der Waals surface area (Å²) in [5, 5.41) is 1.10. The van der Waals surface area contributed by atoms with Gasteiger partial charge in [0.1, 0.15) is 5.75 Å². The number of methoxy groups -OCH3 is 1. The Bertz CT molecular complexity index is 979. The van der Waals surface area contributed by atoms with E-state index in [-0.39, 0.29) is 5.91 Å². The summed E-state index contributed by atoms with van der Waals surface area (Å²) >= 11 is 0. The number of fused-ring (bicyclic) bond motifs is 1. The van der Waals surface area contributed by atoms with Crippen molar-refractivity contribution in [3.05, 3.63) is 65.4 Å². The molecule has 0 saturated heterocycles. The Kier molecular flexibility index (Phi) is 6.43. The summed E-state index contributed by atoms with van der Waals surface area (Å²) < 4.78 is 7.32. The van der Waals surface area contributed by atoms with E-state index in [1.165, 1.54) is 5.56 Å². The smallest absolute Gasteiger partial charge is 0.262 e. The summed E-state index contributed by atoms with van der Waals surface area (Å²) in [5.74, 6) is 0.821. The van der Waals surface area contributed by atoms with E-state index in [9.17, 15) is 4.79 Å². The largest absolute Gasteiger partial charge is 0.497 e. The highest BCUT2D eigenvalue weighted by atomic mass is 16.5. The van der Waals surface area contributed by atoms with Gasteiger partial charge in [0.25, 0.3) is 5.91 Å². The number of ether oxygens (including phenoxy) is 1. The summed E-state index contributed by atoms with van der Waals surface area (Å²) in [4.78, 5) is 15.8. The molecule has 154 valence electrons. The SMILES string of the molecule is COc1ccc2c(c1)c(CCN(C(C)C)C(C)C)c(C)n2C(=O)c1ccccc1. The Morgan fingerprint density at radius 3 is 2.28 bits per heavy atom. The van der Waals surface area contributed by atoms with Crippen LogP contribution in [0.1, 0.15) is 49.3 Å². The molecule has 3 rings (SSSR count). The highest BCUT2D eigenvalue weighted by molar-refractivity contribution is 6.04. The van der Waals surface area contributed by atoms with Crippen LogP contribution in [0.25, 0.3) is 10.9 Å². The van der Waals surface area contributed by atoms with Gasteiger partial charge in [-0.2, -0.15) is 0 Å². The third-order valence-corrected chi connectivity index (χ3v) is 5.71. The summed E-state index contributed by atoms with van der Waals surface area (Å²) in [6.45, 7) is 11.9. The highest BCUT2D eigenvalue weighted by Crippen LogP contribution is 2.31. The van der Waals surface area contributed by atoms with Crippen LogP contribution in [0.4, 0.5) is 0 Å². The van der Waals surface area contributed by atoms with E-state index in [2.05, 4.69) is 45.6 Å². The molecule has 4 nitrogen and oxygen atoms in total. The zero-order valence-corrected chi connectivity index (χ0v) is 18.4. The van der Waals surface area contributed by atoms with Crippen LogP contribution in [0.2, 0.25) is 0 Å². The molecule has 0 atom stereocenters. The number of hydrogen-bond donors (Lipinski definition) is 0. The van der Waals surface area contributed by atoms with Crippen molar-refractivity contribution in [2.75, 3.05) is 13.7 Å². The molecule has 0 saturated carbocycles. The van der Waals surface area contributed by atoms with E-state index in [1.54, 1.807) is 7.11 Å². The number of rotatable bonds is 7. The predicted octanol–water partition coefficient (Wildman–Crippen LogP) is 5.31. The van der Waals surface area contributed by atoms with Gasteiger partial charge in [0.2, 0.25) is 0 Å². The van der Waals surface area contributed by atoms with Crippen molar-refractivity contribution in [1.82, 2.24) is 9.47 Å². The molecule has 4 heteroatoms. The fourth-order valence-electron chi connectivity index (χ4n) is 4.23. The quantitative estimate of drug-likeness (QED) is 0.547. The first-order valence-electron chi connectivity index (χ1n) is 10.4. The number of carbonyl (C=O) groups excluding carboxylic acids is 1. The lowest BCUT2D eigenvalue weighted by Gasteiger charge is -2.30. The number of benzene rings is 2. The lowest BCUT2D eigenvalue weighted by Crippen LogP contribution is -2.38. The van der Waals surface area contributed by atoms with Crippen LogP contribution in [0, 0.1) is 6.92 Å². The maximum Gasteiger partial charge on any atom is 0.262 e. The van der Waals surface area contributed by atoms with Crippen LogP contribution < -0.4 is 4.74 Å². The van der Waals surface area contributed by atoms with Crippen molar-refractivity contribution in [3.8, 4) is 5.75 Å². The molecule has 0 bridgehead atoms. The molecule has 0 unspecified atom stereocenters. The highest BCUT2D eigenvalue weighted by Gasteiger charge is 2.22. The van der Waals surface area contributed by atoms with E-state index < -0.39 is 0 Å². The van der Waals surface area contributed by atoms with E-state index in [4.69, 9.17) is 4.74 Å². The van der Waals surface area contributed by atoms with Crippen LogP contribution in [-0.4, -0.2) is 41.1 Å². The second-order valence-electron chi connectivity index (χ2n) is 8.13. The average molecular weight is 393 g/mol. The van der Waals surface area contributed by atoms with Crippen molar-refractivity contribution in [1.29, 1.82) is 0 Å². The summed E-state index contributed by atoms with van der Waals surface area (Å²) in [6.07, 6.45) is 0.890. The molecule has 0 spiro atoms. The molecule has 29 heavy (non-hydrogen) atoms. The first kappa shape index (κ1) is 21.1. The maximum absolute atomic E-state index is 13.3. The van der Waals surface area contributed by atoms with E-state index >= 15 is 0 Å². The van der Waals surface area contributed by atoms with Crippen LogP contribution in [-0.2, 0) is 6.42 Å². The second-order valence-corrected chi connectivity index (χ2v) is 8.13. The fraction of sp³-hybridized carbons (Fsp3) is 0.400.